The third-order valence-corrected chi connectivity index (χ3v) is 10.7. The van der Waals surface area contributed by atoms with Crippen molar-refractivity contribution in [2.75, 3.05) is 53.9 Å². The van der Waals surface area contributed by atoms with Crippen LogP contribution in [0.15, 0.2) is 133 Å². The van der Waals surface area contributed by atoms with Crippen LogP contribution in [0.5, 0.6) is 34.5 Å². The second kappa shape index (κ2) is 25.1. The molecule has 0 aliphatic carbocycles. The molecule has 7 rings (SSSR count). The fourth-order valence-electron chi connectivity index (χ4n) is 6.63. The number of hydrogen-bond acceptors (Lipinski definition) is 14. The Morgan fingerprint density at radius 2 is 0.779 bits per heavy atom. The summed E-state index contributed by atoms with van der Waals surface area (Å²) in [6.07, 6.45) is -1.87. The molecular weight excluding hydrogens is 873 g/mol. The van der Waals surface area contributed by atoms with E-state index in [4.69, 9.17) is 37.9 Å². The molecule has 0 spiro atoms. The van der Waals surface area contributed by atoms with Crippen LogP contribution in [0.3, 0.4) is 0 Å². The Labute approximate surface area is 395 Å². The first kappa shape index (κ1) is 50.3. The van der Waals surface area contributed by atoms with Gasteiger partial charge in [-0.3, -0.25) is 0 Å². The summed E-state index contributed by atoms with van der Waals surface area (Å²) < 4.78 is 43.6. The second-order valence-corrected chi connectivity index (χ2v) is 15.8. The third kappa shape index (κ3) is 14.7. The van der Waals surface area contributed by atoms with Gasteiger partial charge in [-0.15, -0.1) is 0 Å². The molecule has 358 valence electrons. The Bertz CT molecular complexity index is 2720. The van der Waals surface area contributed by atoms with E-state index < -0.39 is 36.4 Å². The molecule has 0 aliphatic heterocycles. The summed E-state index contributed by atoms with van der Waals surface area (Å²) in [6, 6.07) is 40.0. The van der Waals surface area contributed by atoms with Crippen molar-refractivity contribution >= 4 is 44.3 Å². The zero-order valence-electron chi connectivity index (χ0n) is 38.5. The molecule has 0 amide bonds. The second-order valence-electron chi connectivity index (χ2n) is 15.8. The highest BCUT2D eigenvalue weighted by molar-refractivity contribution is 5.93. The number of carbonyl (C=O) groups excluding carboxylic acids is 2. The molecule has 4 atom stereocenters. The average Bonchev–Trinajstić information content (AvgIpc) is 3.38. The predicted octanol–water partition coefficient (Wildman–Crippen LogP) is 8.34. The van der Waals surface area contributed by atoms with E-state index in [1.165, 1.54) is 24.3 Å². The standard InChI is InChI=1S/C28H30O6.C26H28O8/c1-3-22(29)16-32-26-11-12-27-21(15-26)5-4-6-28(27)34-18-23(30)17-33-25-10-8-19-13-24(31-2)9-7-20(19)14-25;1-3-21(27)14-33-25(29)17-4-6-18(7-5-17)26(30)34-16-22(28)15-32-24-11-9-19-12-23(31-2)10-8-20(19)13-24/h4-15,22-23,29-30H,3,16-18H2,1-2H3;4-13,21-22,27-28H,3,14-16H2,1-2H3. The molecule has 14 nitrogen and oxygen atoms in total. The maximum atomic E-state index is 12.2. The van der Waals surface area contributed by atoms with Crippen LogP contribution in [0.2, 0.25) is 0 Å². The molecule has 7 aromatic carbocycles. The largest absolute Gasteiger partial charge is 0.497 e. The Balaban J connectivity index is 0.000000224. The zero-order chi connectivity index (χ0) is 48.4. The van der Waals surface area contributed by atoms with Crippen LogP contribution in [0.1, 0.15) is 47.4 Å². The number of carbonyl (C=O) groups is 2. The monoisotopic (exact) mass is 930 g/mol. The Kier molecular flexibility index (Phi) is 18.6. The molecule has 0 fully saturated rings. The van der Waals surface area contributed by atoms with Gasteiger partial charge in [-0.2, -0.15) is 0 Å². The van der Waals surface area contributed by atoms with Gasteiger partial charge in [0.2, 0.25) is 0 Å². The van der Waals surface area contributed by atoms with E-state index in [0.717, 1.165) is 43.8 Å². The van der Waals surface area contributed by atoms with Crippen molar-refractivity contribution in [2.45, 2.75) is 51.1 Å². The maximum absolute atomic E-state index is 12.2. The molecule has 0 saturated carbocycles. The topological polar surface area (TPSA) is 189 Å². The van der Waals surface area contributed by atoms with Crippen molar-refractivity contribution in [3.8, 4) is 34.5 Å². The SMILES string of the molecule is CCC(O)COC(=O)c1ccc(C(=O)OCC(O)COc2ccc3cc(OC)ccc3c2)cc1.CCC(O)COc1ccc2c(OCC(O)COc3ccc4cc(OC)ccc4c3)cccc2c1. The number of benzene rings is 7. The summed E-state index contributed by atoms with van der Waals surface area (Å²) in [4.78, 5) is 24.2. The summed E-state index contributed by atoms with van der Waals surface area (Å²) in [6.45, 7) is 3.78. The summed E-state index contributed by atoms with van der Waals surface area (Å²) in [7, 11) is 3.26. The van der Waals surface area contributed by atoms with Crippen molar-refractivity contribution in [1.82, 2.24) is 0 Å². The van der Waals surface area contributed by atoms with Crippen molar-refractivity contribution in [1.29, 1.82) is 0 Å². The van der Waals surface area contributed by atoms with Gasteiger partial charge in [0.15, 0.2) is 0 Å². The zero-order valence-corrected chi connectivity index (χ0v) is 38.5. The van der Waals surface area contributed by atoms with E-state index >= 15 is 0 Å². The van der Waals surface area contributed by atoms with E-state index in [9.17, 15) is 30.0 Å². The van der Waals surface area contributed by atoms with E-state index in [2.05, 4.69) is 0 Å². The van der Waals surface area contributed by atoms with Gasteiger partial charge in [-0.25, -0.2) is 9.59 Å². The fourth-order valence-corrected chi connectivity index (χ4v) is 6.63. The molecule has 4 N–H and O–H groups in total. The number of hydrogen-bond donors (Lipinski definition) is 4. The van der Waals surface area contributed by atoms with Crippen LogP contribution in [0, 0.1) is 0 Å². The van der Waals surface area contributed by atoms with Crippen LogP contribution < -0.4 is 28.4 Å². The molecule has 0 radical (unpaired) electrons. The number of fused-ring (bicyclic) bond motifs is 3. The van der Waals surface area contributed by atoms with Crippen LogP contribution >= 0.6 is 0 Å². The molecule has 0 aromatic heterocycles. The number of esters is 2. The lowest BCUT2D eigenvalue weighted by Gasteiger charge is -2.16. The smallest absolute Gasteiger partial charge is 0.338 e. The van der Waals surface area contributed by atoms with Crippen LogP contribution in [0.4, 0.5) is 0 Å². The molecule has 68 heavy (non-hydrogen) atoms. The molecule has 0 bridgehead atoms. The first-order chi connectivity index (χ1) is 32.9. The quantitative estimate of drug-likeness (QED) is 0.0475. The van der Waals surface area contributed by atoms with Gasteiger partial charge in [0.25, 0.3) is 0 Å². The molecule has 0 heterocycles. The molecule has 0 saturated heterocycles. The minimum atomic E-state index is -1.02. The molecule has 4 unspecified atom stereocenters. The Hall–Kier alpha value is -7.10. The van der Waals surface area contributed by atoms with Gasteiger partial charge in [-0.1, -0.05) is 50.2 Å². The lowest BCUT2D eigenvalue weighted by atomic mass is 10.1. The molecule has 14 heteroatoms. The molecular formula is C54H58O14. The van der Waals surface area contributed by atoms with Gasteiger partial charge in [-0.05, 0) is 137 Å². The highest BCUT2D eigenvalue weighted by Gasteiger charge is 2.16. The van der Waals surface area contributed by atoms with Gasteiger partial charge in [0.1, 0.15) is 86.3 Å². The van der Waals surface area contributed by atoms with E-state index in [0.29, 0.717) is 35.8 Å². The van der Waals surface area contributed by atoms with Crippen molar-refractivity contribution in [3.63, 3.8) is 0 Å². The Morgan fingerprint density at radius 1 is 0.412 bits per heavy atom. The van der Waals surface area contributed by atoms with E-state index in [1.807, 2.05) is 110 Å². The molecule has 7 aromatic rings. The highest BCUT2D eigenvalue weighted by Crippen LogP contribution is 2.30. The third-order valence-electron chi connectivity index (χ3n) is 10.7. The maximum Gasteiger partial charge on any atom is 0.338 e. The van der Waals surface area contributed by atoms with Gasteiger partial charge >= 0.3 is 11.9 Å². The lowest BCUT2D eigenvalue weighted by molar-refractivity contribution is 0.0130. The number of rotatable bonds is 22. The molecule has 0 aliphatic rings. The van der Waals surface area contributed by atoms with Gasteiger partial charge in [0.05, 0.1) is 37.6 Å². The highest BCUT2D eigenvalue weighted by atomic mass is 16.6. The van der Waals surface area contributed by atoms with E-state index in [1.54, 1.807) is 27.2 Å². The lowest BCUT2D eigenvalue weighted by Crippen LogP contribution is -2.25. The van der Waals surface area contributed by atoms with Crippen molar-refractivity contribution < 1.29 is 67.9 Å². The number of ether oxygens (including phenoxy) is 8. The minimum Gasteiger partial charge on any atom is -0.497 e. The first-order valence-electron chi connectivity index (χ1n) is 22.3. The fraction of sp³-hybridized carbons (Fsp3) is 0.296. The van der Waals surface area contributed by atoms with Crippen LogP contribution in [-0.4, -0.2) is 111 Å². The van der Waals surface area contributed by atoms with Crippen molar-refractivity contribution in [3.05, 3.63) is 145 Å². The van der Waals surface area contributed by atoms with E-state index in [-0.39, 0.29) is 50.8 Å². The average molecular weight is 931 g/mol. The number of aliphatic hydroxyl groups is 4. The normalized spacial score (nSPS) is 12.8. The minimum absolute atomic E-state index is 0.0523. The van der Waals surface area contributed by atoms with Gasteiger partial charge in [0, 0.05) is 5.39 Å². The summed E-state index contributed by atoms with van der Waals surface area (Å²) in [5.41, 5.74) is 0.477. The van der Waals surface area contributed by atoms with Crippen LogP contribution in [0.25, 0.3) is 32.3 Å². The predicted molar refractivity (Wildman–Crippen MR) is 259 cm³/mol. The summed E-state index contributed by atoms with van der Waals surface area (Å²) >= 11 is 0. The number of aliphatic hydroxyl groups excluding tert-OH is 4. The summed E-state index contributed by atoms with van der Waals surface area (Å²) in [5.74, 6) is 2.98. The Morgan fingerprint density at radius 3 is 1.25 bits per heavy atom. The number of methoxy groups -OCH3 is 2. The van der Waals surface area contributed by atoms with Gasteiger partial charge < -0.3 is 58.3 Å². The van der Waals surface area contributed by atoms with Crippen molar-refractivity contribution in [2.24, 2.45) is 0 Å². The first-order valence-corrected chi connectivity index (χ1v) is 22.3. The summed E-state index contributed by atoms with van der Waals surface area (Å²) in [5, 5.41) is 45.6. The van der Waals surface area contributed by atoms with Crippen LogP contribution in [-0.2, 0) is 9.47 Å².